The van der Waals surface area contributed by atoms with Crippen LogP contribution in [0.25, 0.3) is 0 Å². The largest absolute Gasteiger partial charge is 0.393 e. The van der Waals surface area contributed by atoms with Gasteiger partial charge < -0.3 is 9.63 Å². The van der Waals surface area contributed by atoms with Crippen molar-refractivity contribution in [3.63, 3.8) is 0 Å². The summed E-state index contributed by atoms with van der Waals surface area (Å²) in [5.74, 6) is 1.64. The summed E-state index contributed by atoms with van der Waals surface area (Å²) in [6.07, 6.45) is 3.59. The van der Waals surface area contributed by atoms with E-state index in [0.717, 1.165) is 25.7 Å². The Morgan fingerprint density at radius 2 is 2.31 bits per heavy atom. The zero-order valence-corrected chi connectivity index (χ0v) is 7.73. The highest BCUT2D eigenvalue weighted by molar-refractivity contribution is 4.95. The van der Waals surface area contributed by atoms with Gasteiger partial charge in [0.25, 0.3) is 0 Å². The number of nitrogens with zero attached hydrogens (tertiary/aromatic N) is 2. The average molecular weight is 182 g/mol. The van der Waals surface area contributed by atoms with E-state index < -0.39 is 0 Å². The molecule has 2 atom stereocenters. The molecule has 4 heteroatoms. The Labute approximate surface area is 77.0 Å². The number of hydrogen-bond acceptors (Lipinski definition) is 4. The van der Waals surface area contributed by atoms with Crippen LogP contribution in [-0.2, 0) is 0 Å². The van der Waals surface area contributed by atoms with E-state index in [-0.39, 0.29) is 12.0 Å². The maximum atomic E-state index is 9.46. The minimum atomic E-state index is -0.189. The first-order valence-corrected chi connectivity index (χ1v) is 4.74. The van der Waals surface area contributed by atoms with Crippen molar-refractivity contribution in [2.45, 2.75) is 44.6 Å². The first-order chi connectivity index (χ1) is 6.25. The fourth-order valence-electron chi connectivity index (χ4n) is 1.87. The lowest BCUT2D eigenvalue weighted by Gasteiger charge is -2.22. The molecule has 2 unspecified atom stereocenters. The van der Waals surface area contributed by atoms with Crippen LogP contribution in [0.2, 0.25) is 0 Å². The fourth-order valence-corrected chi connectivity index (χ4v) is 1.87. The van der Waals surface area contributed by atoms with E-state index in [4.69, 9.17) is 4.52 Å². The van der Waals surface area contributed by atoms with Gasteiger partial charge in [-0.3, -0.25) is 0 Å². The van der Waals surface area contributed by atoms with Crippen molar-refractivity contribution in [2.24, 2.45) is 0 Å². The predicted molar refractivity (Wildman–Crippen MR) is 46.3 cm³/mol. The Hall–Kier alpha value is -0.900. The molecule has 1 heterocycles. The van der Waals surface area contributed by atoms with Crippen molar-refractivity contribution >= 4 is 0 Å². The van der Waals surface area contributed by atoms with Gasteiger partial charge in [0, 0.05) is 5.92 Å². The fraction of sp³-hybridized carbons (Fsp3) is 0.778. The van der Waals surface area contributed by atoms with Crippen LogP contribution in [0.1, 0.15) is 43.3 Å². The van der Waals surface area contributed by atoms with Crippen LogP contribution < -0.4 is 0 Å². The second-order valence-corrected chi connectivity index (χ2v) is 3.70. The van der Waals surface area contributed by atoms with E-state index in [9.17, 15) is 5.11 Å². The molecule has 0 aromatic carbocycles. The first kappa shape index (κ1) is 8.69. The Kier molecular flexibility index (Phi) is 2.31. The summed E-state index contributed by atoms with van der Waals surface area (Å²) in [6.45, 7) is 1.81. The zero-order chi connectivity index (χ0) is 9.26. The smallest absolute Gasteiger partial charge is 0.229 e. The first-order valence-electron chi connectivity index (χ1n) is 4.74. The van der Waals surface area contributed by atoms with E-state index in [1.54, 1.807) is 0 Å². The molecule has 1 N–H and O–H groups in total. The third-order valence-corrected chi connectivity index (χ3v) is 2.54. The number of aryl methyl sites for hydroxylation is 1. The van der Waals surface area contributed by atoms with Crippen LogP contribution in [0.15, 0.2) is 4.52 Å². The third kappa shape index (κ3) is 1.88. The van der Waals surface area contributed by atoms with E-state index >= 15 is 0 Å². The van der Waals surface area contributed by atoms with Crippen LogP contribution in [0.4, 0.5) is 0 Å². The molecular weight excluding hydrogens is 168 g/mol. The van der Waals surface area contributed by atoms with Crippen molar-refractivity contribution in [3.8, 4) is 0 Å². The second kappa shape index (κ2) is 3.46. The summed E-state index contributed by atoms with van der Waals surface area (Å²) in [5.41, 5.74) is 0. The standard InChI is InChI=1S/C9H14N2O2/c1-6-10-9(13-11-6)7-3-2-4-8(12)5-7/h7-8,12H,2-5H2,1H3. The van der Waals surface area contributed by atoms with Crippen LogP contribution in [0, 0.1) is 6.92 Å². The number of hydrogen-bond donors (Lipinski definition) is 1. The molecule has 0 radical (unpaired) electrons. The van der Waals surface area contributed by atoms with Gasteiger partial charge in [-0.1, -0.05) is 11.6 Å². The van der Waals surface area contributed by atoms with Gasteiger partial charge in [-0.2, -0.15) is 4.98 Å². The van der Waals surface area contributed by atoms with Crippen LogP contribution in [0.3, 0.4) is 0 Å². The van der Waals surface area contributed by atoms with Gasteiger partial charge in [-0.25, -0.2) is 0 Å². The average Bonchev–Trinajstić information content (AvgIpc) is 2.52. The second-order valence-electron chi connectivity index (χ2n) is 3.70. The summed E-state index contributed by atoms with van der Waals surface area (Å²) in [5, 5.41) is 13.2. The topological polar surface area (TPSA) is 59.2 Å². The zero-order valence-electron chi connectivity index (χ0n) is 7.73. The highest BCUT2D eigenvalue weighted by Gasteiger charge is 2.25. The molecule has 0 bridgehead atoms. The minimum absolute atomic E-state index is 0.189. The number of aliphatic hydroxyl groups is 1. The van der Waals surface area contributed by atoms with Crippen molar-refractivity contribution < 1.29 is 9.63 Å². The Bertz CT molecular complexity index is 285. The molecule has 1 aliphatic rings. The van der Waals surface area contributed by atoms with Gasteiger partial charge in [0.05, 0.1) is 6.10 Å². The molecule has 2 rings (SSSR count). The summed E-state index contributed by atoms with van der Waals surface area (Å²) in [4.78, 5) is 4.18. The number of aliphatic hydroxyl groups excluding tert-OH is 1. The molecule has 72 valence electrons. The molecule has 1 saturated carbocycles. The maximum Gasteiger partial charge on any atom is 0.229 e. The van der Waals surface area contributed by atoms with Crippen LogP contribution in [0.5, 0.6) is 0 Å². The van der Waals surface area contributed by atoms with Crippen molar-refractivity contribution in [1.29, 1.82) is 0 Å². The Balaban J connectivity index is 2.08. The highest BCUT2D eigenvalue weighted by Crippen LogP contribution is 2.31. The molecule has 4 nitrogen and oxygen atoms in total. The predicted octanol–water partition coefficient (Wildman–Crippen LogP) is 1.40. The molecule has 13 heavy (non-hydrogen) atoms. The van der Waals surface area contributed by atoms with Crippen molar-refractivity contribution in [1.82, 2.24) is 10.1 Å². The van der Waals surface area contributed by atoms with Crippen LogP contribution >= 0.6 is 0 Å². The van der Waals surface area contributed by atoms with Crippen molar-refractivity contribution in [3.05, 3.63) is 11.7 Å². The summed E-state index contributed by atoms with van der Waals surface area (Å²) >= 11 is 0. The van der Waals surface area contributed by atoms with E-state index in [0.29, 0.717) is 11.7 Å². The van der Waals surface area contributed by atoms with Gasteiger partial charge in [0.15, 0.2) is 5.82 Å². The Morgan fingerprint density at radius 1 is 1.46 bits per heavy atom. The number of aromatic nitrogens is 2. The minimum Gasteiger partial charge on any atom is -0.393 e. The molecule has 0 saturated heterocycles. The lowest BCUT2D eigenvalue weighted by molar-refractivity contribution is 0.111. The molecule has 0 amide bonds. The SMILES string of the molecule is Cc1noc(C2CCCC(O)C2)n1. The monoisotopic (exact) mass is 182 g/mol. The summed E-state index contributed by atoms with van der Waals surface area (Å²) in [7, 11) is 0. The maximum absolute atomic E-state index is 9.46. The lowest BCUT2D eigenvalue weighted by atomic mass is 9.87. The van der Waals surface area contributed by atoms with Crippen LogP contribution in [-0.4, -0.2) is 21.4 Å². The summed E-state index contributed by atoms with van der Waals surface area (Å²) in [6, 6.07) is 0. The van der Waals surface area contributed by atoms with E-state index in [1.807, 2.05) is 6.92 Å². The lowest BCUT2D eigenvalue weighted by Crippen LogP contribution is -2.18. The molecule has 0 spiro atoms. The molecule has 0 aliphatic heterocycles. The van der Waals surface area contributed by atoms with Gasteiger partial charge in [-0.15, -0.1) is 0 Å². The van der Waals surface area contributed by atoms with E-state index in [1.165, 1.54) is 0 Å². The quantitative estimate of drug-likeness (QED) is 0.713. The van der Waals surface area contributed by atoms with Gasteiger partial charge in [-0.05, 0) is 26.2 Å². The Morgan fingerprint density at radius 3 is 2.92 bits per heavy atom. The molecule has 1 aliphatic carbocycles. The molecule has 1 fully saturated rings. The van der Waals surface area contributed by atoms with Gasteiger partial charge in [0.1, 0.15) is 0 Å². The van der Waals surface area contributed by atoms with Crippen molar-refractivity contribution in [2.75, 3.05) is 0 Å². The number of rotatable bonds is 1. The molecule has 1 aromatic rings. The molecule has 1 aromatic heterocycles. The van der Waals surface area contributed by atoms with Gasteiger partial charge >= 0.3 is 0 Å². The highest BCUT2D eigenvalue weighted by atomic mass is 16.5. The summed E-state index contributed by atoms with van der Waals surface area (Å²) < 4.78 is 5.08. The van der Waals surface area contributed by atoms with Gasteiger partial charge in [0.2, 0.25) is 5.89 Å². The third-order valence-electron chi connectivity index (χ3n) is 2.54. The molecular formula is C9H14N2O2. The normalized spacial score (nSPS) is 29.1. The van der Waals surface area contributed by atoms with E-state index in [2.05, 4.69) is 10.1 Å².